The van der Waals surface area contributed by atoms with Gasteiger partial charge in [-0.25, -0.2) is 0 Å². The van der Waals surface area contributed by atoms with Crippen LogP contribution in [0.5, 0.6) is 0 Å². The molecular formula is C10H18ClN. The Balaban J connectivity index is 2.34. The predicted octanol–water partition coefficient (Wildman–Crippen LogP) is 2.86. The van der Waals surface area contributed by atoms with Crippen LogP contribution < -0.4 is 0 Å². The smallest absolute Gasteiger partial charge is 0.0177 e. The van der Waals surface area contributed by atoms with E-state index in [9.17, 15) is 0 Å². The summed E-state index contributed by atoms with van der Waals surface area (Å²) < 4.78 is 0. The molecule has 0 saturated carbocycles. The molecule has 2 heteroatoms. The zero-order chi connectivity index (χ0) is 8.97. The molecule has 70 valence electrons. The van der Waals surface area contributed by atoms with Gasteiger partial charge in [-0.1, -0.05) is 24.6 Å². The Bertz CT molecular complexity index is 156. The molecule has 0 bridgehead atoms. The van der Waals surface area contributed by atoms with E-state index in [1.165, 1.54) is 19.4 Å². The molecule has 1 aliphatic rings. The normalized spacial score (nSPS) is 32.9. The van der Waals surface area contributed by atoms with Gasteiger partial charge in [0.15, 0.2) is 0 Å². The molecule has 0 amide bonds. The van der Waals surface area contributed by atoms with Crippen LogP contribution in [0, 0.1) is 5.92 Å². The van der Waals surface area contributed by atoms with Gasteiger partial charge < -0.3 is 0 Å². The van der Waals surface area contributed by atoms with E-state index in [-0.39, 0.29) is 0 Å². The number of likely N-dealkylation sites (tertiary alicyclic amines) is 1. The molecule has 0 N–H and O–H groups in total. The SMILES string of the molecule is C[C@H]1CCN(C/C=C/Cl)[C@@H](C)C1. The van der Waals surface area contributed by atoms with Gasteiger partial charge in [-0.3, -0.25) is 4.90 Å². The van der Waals surface area contributed by atoms with Gasteiger partial charge in [-0.15, -0.1) is 0 Å². The maximum absolute atomic E-state index is 5.49. The van der Waals surface area contributed by atoms with E-state index in [1.807, 2.05) is 6.08 Å². The van der Waals surface area contributed by atoms with E-state index in [0.717, 1.165) is 18.5 Å². The Morgan fingerprint density at radius 1 is 1.50 bits per heavy atom. The first-order valence-electron chi connectivity index (χ1n) is 4.73. The van der Waals surface area contributed by atoms with Crippen LogP contribution in [0.4, 0.5) is 0 Å². The Morgan fingerprint density at radius 2 is 2.25 bits per heavy atom. The van der Waals surface area contributed by atoms with Gasteiger partial charge in [0.1, 0.15) is 0 Å². The van der Waals surface area contributed by atoms with Gasteiger partial charge >= 0.3 is 0 Å². The molecule has 0 aliphatic carbocycles. The molecule has 1 fully saturated rings. The van der Waals surface area contributed by atoms with Crippen molar-refractivity contribution in [3.63, 3.8) is 0 Å². The van der Waals surface area contributed by atoms with Crippen molar-refractivity contribution < 1.29 is 0 Å². The fraction of sp³-hybridized carbons (Fsp3) is 0.800. The predicted molar refractivity (Wildman–Crippen MR) is 54.4 cm³/mol. The molecule has 0 aromatic heterocycles. The highest BCUT2D eigenvalue weighted by Crippen LogP contribution is 2.21. The third-order valence-corrected chi connectivity index (χ3v) is 2.88. The zero-order valence-corrected chi connectivity index (χ0v) is 8.72. The molecule has 0 unspecified atom stereocenters. The topological polar surface area (TPSA) is 3.24 Å². The highest BCUT2D eigenvalue weighted by Gasteiger charge is 2.21. The van der Waals surface area contributed by atoms with E-state index in [1.54, 1.807) is 5.54 Å². The molecule has 2 atom stereocenters. The van der Waals surface area contributed by atoms with Crippen molar-refractivity contribution in [3.8, 4) is 0 Å². The number of rotatable bonds is 2. The van der Waals surface area contributed by atoms with Crippen molar-refractivity contribution in [2.24, 2.45) is 5.92 Å². The largest absolute Gasteiger partial charge is 0.297 e. The van der Waals surface area contributed by atoms with Gasteiger partial charge in [0.2, 0.25) is 0 Å². The lowest BCUT2D eigenvalue weighted by Crippen LogP contribution is -2.40. The van der Waals surface area contributed by atoms with E-state index < -0.39 is 0 Å². The van der Waals surface area contributed by atoms with Gasteiger partial charge in [-0.05, 0) is 32.2 Å². The van der Waals surface area contributed by atoms with Crippen molar-refractivity contribution in [2.75, 3.05) is 13.1 Å². The molecule has 1 aliphatic heterocycles. The number of halogens is 1. The summed E-state index contributed by atoms with van der Waals surface area (Å²) in [5.74, 6) is 0.899. The Hall–Kier alpha value is -0.0100. The second-order valence-corrected chi connectivity index (χ2v) is 4.09. The average molecular weight is 188 g/mol. The highest BCUT2D eigenvalue weighted by molar-refractivity contribution is 6.25. The molecule has 1 saturated heterocycles. The molecule has 12 heavy (non-hydrogen) atoms. The zero-order valence-electron chi connectivity index (χ0n) is 7.96. The standard InChI is InChI=1S/C10H18ClN/c1-9-4-7-12(6-3-5-11)10(2)8-9/h3,5,9-10H,4,6-8H2,1-2H3/b5-3+/t9-,10-/m0/s1. The Morgan fingerprint density at radius 3 is 2.83 bits per heavy atom. The monoisotopic (exact) mass is 187 g/mol. The molecule has 1 rings (SSSR count). The summed E-state index contributed by atoms with van der Waals surface area (Å²) in [7, 11) is 0. The third-order valence-electron chi connectivity index (χ3n) is 2.70. The van der Waals surface area contributed by atoms with Crippen molar-refractivity contribution >= 4 is 11.6 Å². The van der Waals surface area contributed by atoms with Gasteiger partial charge in [0.05, 0.1) is 0 Å². The molecular weight excluding hydrogens is 170 g/mol. The first-order chi connectivity index (χ1) is 5.74. The summed E-state index contributed by atoms with van der Waals surface area (Å²) in [6.07, 6.45) is 4.69. The van der Waals surface area contributed by atoms with Crippen molar-refractivity contribution in [1.29, 1.82) is 0 Å². The molecule has 0 aromatic rings. The molecule has 0 aromatic carbocycles. The van der Waals surface area contributed by atoms with Crippen LogP contribution in [0.2, 0.25) is 0 Å². The minimum absolute atomic E-state index is 0.724. The second kappa shape index (κ2) is 4.88. The molecule has 1 heterocycles. The number of piperidine rings is 1. The maximum atomic E-state index is 5.49. The van der Waals surface area contributed by atoms with Crippen molar-refractivity contribution in [1.82, 2.24) is 4.90 Å². The number of nitrogens with zero attached hydrogens (tertiary/aromatic N) is 1. The van der Waals surface area contributed by atoms with Crippen LogP contribution in [0.1, 0.15) is 26.7 Å². The van der Waals surface area contributed by atoms with E-state index >= 15 is 0 Å². The molecule has 1 nitrogen and oxygen atoms in total. The average Bonchev–Trinajstić information content (AvgIpc) is 2.03. The third kappa shape index (κ3) is 2.80. The maximum Gasteiger partial charge on any atom is 0.0177 e. The first-order valence-corrected chi connectivity index (χ1v) is 5.17. The lowest BCUT2D eigenvalue weighted by atomic mass is 9.93. The summed E-state index contributed by atoms with van der Waals surface area (Å²) in [5.41, 5.74) is 1.62. The second-order valence-electron chi connectivity index (χ2n) is 3.84. The molecule has 0 radical (unpaired) electrons. The number of hydrogen-bond donors (Lipinski definition) is 0. The summed E-state index contributed by atoms with van der Waals surface area (Å²) in [5, 5.41) is 0. The van der Waals surface area contributed by atoms with Crippen LogP contribution in [0.25, 0.3) is 0 Å². The fourth-order valence-corrected chi connectivity index (χ4v) is 1.98. The van der Waals surface area contributed by atoms with Crippen LogP contribution in [0.3, 0.4) is 0 Å². The summed E-state index contributed by atoms with van der Waals surface area (Å²) >= 11 is 5.49. The lowest BCUT2D eigenvalue weighted by molar-refractivity contribution is 0.144. The van der Waals surface area contributed by atoms with E-state index in [4.69, 9.17) is 11.6 Å². The van der Waals surface area contributed by atoms with E-state index in [0.29, 0.717) is 0 Å². The van der Waals surface area contributed by atoms with Gasteiger partial charge in [0.25, 0.3) is 0 Å². The molecule has 0 spiro atoms. The van der Waals surface area contributed by atoms with Crippen LogP contribution in [0.15, 0.2) is 11.6 Å². The highest BCUT2D eigenvalue weighted by atomic mass is 35.5. The van der Waals surface area contributed by atoms with Crippen LogP contribution >= 0.6 is 11.6 Å². The van der Waals surface area contributed by atoms with Crippen LogP contribution in [-0.4, -0.2) is 24.0 Å². The lowest BCUT2D eigenvalue weighted by Gasteiger charge is -2.35. The van der Waals surface area contributed by atoms with E-state index in [2.05, 4.69) is 18.7 Å². The van der Waals surface area contributed by atoms with Crippen molar-refractivity contribution in [2.45, 2.75) is 32.7 Å². The fourth-order valence-electron chi connectivity index (χ4n) is 1.90. The first kappa shape index (κ1) is 10.1. The number of hydrogen-bond acceptors (Lipinski definition) is 1. The quantitative estimate of drug-likeness (QED) is 0.643. The van der Waals surface area contributed by atoms with Crippen LogP contribution in [-0.2, 0) is 0 Å². The minimum Gasteiger partial charge on any atom is -0.297 e. The Kier molecular flexibility index (Phi) is 4.10. The summed E-state index contributed by atoms with van der Waals surface area (Å²) in [4.78, 5) is 2.48. The minimum atomic E-state index is 0.724. The van der Waals surface area contributed by atoms with Gasteiger partial charge in [-0.2, -0.15) is 0 Å². The Labute approximate surface area is 80.4 Å². The van der Waals surface area contributed by atoms with Gasteiger partial charge in [0, 0.05) is 18.1 Å². The summed E-state index contributed by atoms with van der Waals surface area (Å²) in [6, 6.07) is 0.724. The van der Waals surface area contributed by atoms with Crippen molar-refractivity contribution in [3.05, 3.63) is 11.6 Å². The summed E-state index contributed by atoms with van der Waals surface area (Å²) in [6.45, 7) is 6.88.